The summed E-state index contributed by atoms with van der Waals surface area (Å²) in [7, 11) is 1.72. The highest BCUT2D eigenvalue weighted by molar-refractivity contribution is 6.30. The molecule has 1 aliphatic carbocycles. The van der Waals surface area contributed by atoms with E-state index in [1.54, 1.807) is 48.6 Å². The summed E-state index contributed by atoms with van der Waals surface area (Å²) in [6.45, 7) is 0.545. The second kappa shape index (κ2) is 16.6. The highest BCUT2D eigenvalue weighted by atomic mass is 35.5. The summed E-state index contributed by atoms with van der Waals surface area (Å²) in [4.78, 5) is 55.8. The molecule has 0 unspecified atom stereocenters. The highest BCUT2D eigenvalue weighted by Gasteiger charge is 2.28. The number of pyridine rings is 1. The number of carbonyl (C=O) groups is 4. The van der Waals surface area contributed by atoms with Crippen LogP contribution < -0.4 is 10.6 Å². The van der Waals surface area contributed by atoms with Crippen LogP contribution in [0.5, 0.6) is 0 Å². The molecule has 1 saturated carbocycles. The first kappa shape index (κ1) is 31.1. The predicted molar refractivity (Wildman–Crippen MR) is 153 cm³/mol. The molecule has 1 aromatic carbocycles. The summed E-state index contributed by atoms with van der Waals surface area (Å²) in [5.74, 6) is -0.277. The maximum atomic E-state index is 13.2. The minimum absolute atomic E-state index is 0.0118. The van der Waals surface area contributed by atoms with Gasteiger partial charge >= 0.3 is 6.09 Å². The van der Waals surface area contributed by atoms with Crippen LogP contribution in [0.1, 0.15) is 62.5 Å². The van der Waals surface area contributed by atoms with Crippen molar-refractivity contribution >= 4 is 35.8 Å². The molecule has 40 heavy (non-hydrogen) atoms. The zero-order valence-electron chi connectivity index (χ0n) is 23.0. The van der Waals surface area contributed by atoms with E-state index in [-0.39, 0.29) is 25.4 Å². The molecule has 3 rings (SSSR count). The maximum Gasteiger partial charge on any atom is 0.408 e. The Balaban J connectivity index is 1.51. The van der Waals surface area contributed by atoms with Crippen LogP contribution in [0.4, 0.5) is 4.79 Å². The van der Waals surface area contributed by atoms with Crippen molar-refractivity contribution < 1.29 is 23.9 Å². The quantitative estimate of drug-likeness (QED) is 0.324. The van der Waals surface area contributed by atoms with Crippen molar-refractivity contribution in [2.24, 2.45) is 5.92 Å². The summed E-state index contributed by atoms with van der Waals surface area (Å²) in [6, 6.07) is 9.10. The lowest BCUT2D eigenvalue weighted by Gasteiger charge is -2.27. The van der Waals surface area contributed by atoms with Gasteiger partial charge in [-0.05, 0) is 60.6 Å². The van der Waals surface area contributed by atoms with Gasteiger partial charge in [-0.2, -0.15) is 0 Å². The van der Waals surface area contributed by atoms with Crippen molar-refractivity contribution in [3.05, 3.63) is 64.9 Å². The number of alkyl carbamates (subject to hydrolysis) is 1. The van der Waals surface area contributed by atoms with Gasteiger partial charge in [0.25, 0.3) is 0 Å². The van der Waals surface area contributed by atoms with E-state index in [0.29, 0.717) is 36.6 Å². The first-order chi connectivity index (χ1) is 19.3. The number of aromatic nitrogens is 1. The molecule has 1 aliphatic rings. The fraction of sp³-hybridized carbons (Fsp3) is 0.500. The third-order valence-corrected chi connectivity index (χ3v) is 7.47. The second-order valence-electron chi connectivity index (χ2n) is 10.4. The molecule has 1 heterocycles. The Labute approximate surface area is 241 Å². The zero-order valence-corrected chi connectivity index (χ0v) is 23.8. The summed E-state index contributed by atoms with van der Waals surface area (Å²) < 4.78 is 5.33. The molecule has 0 radical (unpaired) electrons. The van der Waals surface area contributed by atoms with Crippen molar-refractivity contribution in [3.8, 4) is 0 Å². The topological polar surface area (TPSA) is 118 Å². The third kappa shape index (κ3) is 11.0. The number of aldehydes is 1. The number of hydrogen-bond acceptors (Lipinski definition) is 6. The molecule has 3 amide bonds. The van der Waals surface area contributed by atoms with Gasteiger partial charge in [0.1, 0.15) is 18.9 Å². The smallest absolute Gasteiger partial charge is 0.408 e. The molecule has 10 heteroatoms. The molecular formula is C30H39ClN4O5. The molecular weight excluding hydrogens is 532 g/mol. The Morgan fingerprint density at radius 2 is 1.85 bits per heavy atom. The number of ether oxygens (including phenoxy) is 1. The number of carbonyl (C=O) groups excluding carboxylic acids is 4. The largest absolute Gasteiger partial charge is 0.445 e. The fourth-order valence-electron chi connectivity index (χ4n) is 4.85. The number of rotatable bonds is 14. The van der Waals surface area contributed by atoms with E-state index in [9.17, 15) is 19.2 Å². The van der Waals surface area contributed by atoms with Crippen molar-refractivity contribution in [1.82, 2.24) is 20.5 Å². The van der Waals surface area contributed by atoms with Gasteiger partial charge in [0.2, 0.25) is 11.8 Å². The number of nitrogens with zero attached hydrogens (tertiary/aromatic N) is 2. The Morgan fingerprint density at radius 3 is 2.55 bits per heavy atom. The third-order valence-electron chi connectivity index (χ3n) is 7.23. The van der Waals surface area contributed by atoms with E-state index in [1.807, 2.05) is 12.1 Å². The van der Waals surface area contributed by atoms with Gasteiger partial charge in [-0.15, -0.1) is 0 Å². The van der Waals surface area contributed by atoms with E-state index in [0.717, 1.165) is 36.8 Å². The van der Waals surface area contributed by atoms with Gasteiger partial charge in [0, 0.05) is 37.4 Å². The SMILES string of the molecule is CN(CCc1ccncc1)C(=O)CC[C@@H](C=O)NC(=O)[C@H](CC1CCCCC1)NC(=O)OCc1cccc(Cl)c1. The minimum Gasteiger partial charge on any atom is -0.445 e. The highest BCUT2D eigenvalue weighted by Crippen LogP contribution is 2.27. The normalized spacial score (nSPS) is 14.9. The van der Waals surface area contributed by atoms with E-state index >= 15 is 0 Å². The molecule has 9 nitrogen and oxygen atoms in total. The van der Waals surface area contributed by atoms with Gasteiger partial charge < -0.3 is 25.1 Å². The van der Waals surface area contributed by atoms with Gasteiger partial charge in [-0.1, -0.05) is 55.8 Å². The fourth-order valence-corrected chi connectivity index (χ4v) is 5.06. The second-order valence-corrected chi connectivity index (χ2v) is 10.8. The van der Waals surface area contributed by atoms with E-state index in [4.69, 9.17) is 16.3 Å². The number of hydrogen-bond donors (Lipinski definition) is 2. The molecule has 1 fully saturated rings. The van der Waals surface area contributed by atoms with Crippen LogP contribution in [-0.4, -0.2) is 59.8 Å². The minimum atomic E-state index is -0.851. The molecule has 0 bridgehead atoms. The lowest BCUT2D eigenvalue weighted by molar-refractivity contribution is -0.131. The molecule has 1 aromatic heterocycles. The van der Waals surface area contributed by atoms with Crippen LogP contribution in [0.15, 0.2) is 48.8 Å². The van der Waals surface area contributed by atoms with Crippen molar-refractivity contribution in [2.45, 2.75) is 76.5 Å². The lowest BCUT2D eigenvalue weighted by Crippen LogP contribution is -2.51. The average Bonchev–Trinajstić information content (AvgIpc) is 2.97. The molecule has 2 atom stereocenters. The van der Waals surface area contributed by atoms with Crippen molar-refractivity contribution in [3.63, 3.8) is 0 Å². The monoisotopic (exact) mass is 570 g/mol. The van der Waals surface area contributed by atoms with Crippen LogP contribution in [-0.2, 0) is 32.1 Å². The number of benzene rings is 1. The van der Waals surface area contributed by atoms with Crippen LogP contribution in [0, 0.1) is 5.92 Å². The Morgan fingerprint density at radius 1 is 1.10 bits per heavy atom. The van der Waals surface area contributed by atoms with Crippen LogP contribution in [0.3, 0.4) is 0 Å². The molecule has 216 valence electrons. The molecule has 0 aliphatic heterocycles. The van der Waals surface area contributed by atoms with Crippen molar-refractivity contribution in [1.29, 1.82) is 0 Å². The van der Waals surface area contributed by atoms with Gasteiger partial charge in [-0.3, -0.25) is 14.6 Å². The zero-order chi connectivity index (χ0) is 28.7. The van der Waals surface area contributed by atoms with Gasteiger partial charge in [0.05, 0.1) is 6.04 Å². The van der Waals surface area contributed by atoms with Gasteiger partial charge in [-0.25, -0.2) is 4.79 Å². The maximum absolute atomic E-state index is 13.2. The van der Waals surface area contributed by atoms with Crippen LogP contribution in [0.25, 0.3) is 0 Å². The summed E-state index contributed by atoms with van der Waals surface area (Å²) in [5, 5.41) is 5.95. The standard InChI is InChI=1S/C30H39ClN4O5/c1-35(17-14-22-12-15-32-16-13-22)28(37)11-10-26(20-36)33-29(38)27(19-23-6-3-2-4-7-23)34-30(39)40-21-24-8-5-9-25(31)18-24/h5,8-9,12-13,15-16,18,20,23,26-27H,2-4,6-7,10-11,14,17,19,21H2,1H3,(H,33,38)(H,34,39)/t26-,27-/m0/s1. The van der Waals surface area contributed by atoms with Crippen LogP contribution >= 0.6 is 11.6 Å². The number of halogens is 1. The average molecular weight is 571 g/mol. The summed E-state index contributed by atoms with van der Waals surface area (Å²) in [6.07, 6.45) is 10.1. The van der Waals surface area contributed by atoms with Gasteiger partial charge in [0.15, 0.2) is 0 Å². The lowest BCUT2D eigenvalue weighted by atomic mass is 9.84. The molecule has 0 spiro atoms. The number of amides is 3. The molecule has 2 N–H and O–H groups in total. The predicted octanol–water partition coefficient (Wildman–Crippen LogP) is 4.47. The van der Waals surface area contributed by atoms with Crippen LogP contribution in [0.2, 0.25) is 5.02 Å². The number of likely N-dealkylation sites (N-methyl/N-ethyl adjacent to an activating group) is 1. The Bertz CT molecular complexity index is 1110. The Hall–Kier alpha value is -3.46. The first-order valence-electron chi connectivity index (χ1n) is 13.9. The molecule has 0 saturated heterocycles. The Kier molecular flexibility index (Phi) is 12.9. The van der Waals surface area contributed by atoms with Crippen molar-refractivity contribution in [2.75, 3.05) is 13.6 Å². The number of nitrogens with one attached hydrogen (secondary N) is 2. The first-order valence-corrected chi connectivity index (χ1v) is 14.3. The van der Waals surface area contributed by atoms with E-state index in [1.165, 1.54) is 6.42 Å². The van der Waals surface area contributed by atoms with E-state index < -0.39 is 24.1 Å². The van der Waals surface area contributed by atoms with E-state index in [2.05, 4.69) is 15.6 Å². The summed E-state index contributed by atoms with van der Waals surface area (Å²) in [5.41, 5.74) is 1.81. The molecule has 2 aromatic rings. The summed E-state index contributed by atoms with van der Waals surface area (Å²) >= 11 is 6.00.